The van der Waals surface area contributed by atoms with Gasteiger partial charge in [0, 0.05) is 70.6 Å². The van der Waals surface area contributed by atoms with Gasteiger partial charge in [-0.05, 0) is 106 Å². The fourth-order valence-corrected chi connectivity index (χ4v) is 4.79. The van der Waals surface area contributed by atoms with Gasteiger partial charge in [-0.2, -0.15) is 4.99 Å². The van der Waals surface area contributed by atoms with Crippen molar-refractivity contribution >= 4 is 75.6 Å². The Hall–Kier alpha value is -4.06. The van der Waals surface area contributed by atoms with Gasteiger partial charge in [-0.1, -0.05) is 0 Å². The zero-order valence-corrected chi connectivity index (χ0v) is 30.6. The Morgan fingerprint density at radius 1 is 0.627 bits per heavy atom. The molecule has 1 rings (SSSR count). The Bertz CT molecular complexity index is 1280. The van der Waals surface area contributed by atoms with Crippen LogP contribution in [-0.4, -0.2) is 111 Å². The SMILES string of the molecule is O=C(CO)NCCCCCNC(=O)CCC(=O)N(O)CCCCCNC(=O)CCC(=O)N(O)CCCCCNC(=S)Nc1ccc(N=C=S)cc1. The molecule has 1 aromatic carbocycles. The number of unbranched alkanes of at least 4 members (excludes halogenated alkanes) is 6. The minimum absolute atomic E-state index is 0.0405. The van der Waals surface area contributed by atoms with E-state index < -0.39 is 24.3 Å². The number of aliphatic imine (C=N–C) groups is 1. The maximum atomic E-state index is 12.2. The number of aliphatic hydroxyl groups excluding tert-OH is 1. The van der Waals surface area contributed by atoms with E-state index in [9.17, 15) is 34.4 Å². The molecule has 0 aliphatic carbocycles. The van der Waals surface area contributed by atoms with E-state index in [4.69, 9.17) is 17.3 Å². The lowest BCUT2D eigenvalue weighted by Gasteiger charge is -2.15. The minimum Gasteiger partial charge on any atom is -0.387 e. The maximum Gasteiger partial charge on any atom is 0.246 e. The smallest absolute Gasteiger partial charge is 0.246 e. The molecule has 0 aromatic heterocycles. The number of rotatable bonds is 27. The normalized spacial score (nSPS) is 10.3. The van der Waals surface area contributed by atoms with Crippen LogP contribution in [0.4, 0.5) is 11.4 Å². The van der Waals surface area contributed by atoms with Crippen molar-refractivity contribution in [2.75, 3.05) is 51.2 Å². The molecule has 8 N–H and O–H groups in total. The van der Waals surface area contributed by atoms with Crippen LogP contribution in [0.3, 0.4) is 0 Å². The summed E-state index contributed by atoms with van der Waals surface area (Å²) in [4.78, 5) is 63.1. The number of carbonyl (C=O) groups is 5. The van der Waals surface area contributed by atoms with Gasteiger partial charge >= 0.3 is 0 Å². The molecular formula is C33H52N8O8S2. The summed E-state index contributed by atoms with van der Waals surface area (Å²) in [6.07, 6.45) is 5.74. The van der Waals surface area contributed by atoms with Crippen LogP contribution in [0.25, 0.3) is 0 Å². The number of benzene rings is 1. The standard InChI is InChI=1S/C33H52N8O8S2/c42-24-30(45)36-20-5-1-4-18-34-28(43)14-16-31(46)40(48)22-8-2-6-19-35-29(44)15-17-32(47)41(49)23-9-3-7-21-37-33(51)39-27-12-10-26(11-13-27)38-25-50/h10-13,42,48-49H,1-9,14-24H2,(H,34,43)(H,35,44)(H,36,45)(H2,37,39,51). The molecule has 0 fully saturated rings. The first kappa shape index (κ1) is 45.0. The number of hydrogen-bond acceptors (Lipinski definition) is 11. The summed E-state index contributed by atoms with van der Waals surface area (Å²) in [6.45, 7) is 1.61. The summed E-state index contributed by atoms with van der Waals surface area (Å²) >= 11 is 9.87. The van der Waals surface area contributed by atoms with Crippen molar-refractivity contribution in [3.05, 3.63) is 24.3 Å². The summed E-state index contributed by atoms with van der Waals surface area (Å²) in [5.74, 6) is -2.10. The Labute approximate surface area is 309 Å². The molecule has 0 bridgehead atoms. The number of anilines is 1. The first-order valence-electron chi connectivity index (χ1n) is 17.2. The number of hydroxylamine groups is 4. The van der Waals surface area contributed by atoms with Crippen molar-refractivity contribution in [1.29, 1.82) is 0 Å². The summed E-state index contributed by atoms with van der Waals surface area (Å²) in [6, 6.07) is 7.23. The highest BCUT2D eigenvalue weighted by molar-refractivity contribution is 7.80. The Kier molecular flexibility index (Phi) is 25.2. The zero-order chi connectivity index (χ0) is 37.7. The van der Waals surface area contributed by atoms with Crippen LogP contribution in [0, 0.1) is 0 Å². The van der Waals surface area contributed by atoms with Crippen LogP contribution in [0.5, 0.6) is 0 Å². The zero-order valence-electron chi connectivity index (χ0n) is 29.0. The van der Waals surface area contributed by atoms with Gasteiger partial charge in [-0.25, -0.2) is 10.1 Å². The van der Waals surface area contributed by atoms with Gasteiger partial charge in [0.25, 0.3) is 0 Å². The van der Waals surface area contributed by atoms with Crippen molar-refractivity contribution < 1.29 is 39.5 Å². The van der Waals surface area contributed by atoms with Crippen molar-refractivity contribution in [3.63, 3.8) is 0 Å². The molecule has 0 saturated carbocycles. The quantitative estimate of drug-likeness (QED) is 0.0214. The molecule has 0 aliphatic heterocycles. The number of isothiocyanates is 1. The lowest BCUT2D eigenvalue weighted by Crippen LogP contribution is -2.31. The highest BCUT2D eigenvalue weighted by atomic mass is 32.1. The second kappa shape index (κ2) is 28.6. The third-order valence-electron chi connectivity index (χ3n) is 7.35. The Balaban J connectivity index is 2.00. The molecule has 16 nitrogen and oxygen atoms in total. The first-order valence-corrected chi connectivity index (χ1v) is 18.0. The average Bonchev–Trinajstić information content (AvgIpc) is 3.12. The Morgan fingerprint density at radius 2 is 1.06 bits per heavy atom. The number of nitrogens with one attached hydrogen (secondary N) is 5. The minimum atomic E-state index is -0.552. The topological polar surface area (TPSA) is 225 Å². The molecule has 284 valence electrons. The molecule has 0 saturated heterocycles. The molecule has 0 atom stereocenters. The van der Waals surface area contributed by atoms with E-state index in [-0.39, 0.29) is 50.6 Å². The third kappa shape index (κ3) is 23.9. The van der Waals surface area contributed by atoms with Gasteiger partial charge in [-0.15, -0.1) is 0 Å². The molecule has 51 heavy (non-hydrogen) atoms. The Morgan fingerprint density at radius 3 is 1.51 bits per heavy atom. The number of aliphatic hydroxyl groups is 1. The second-order valence-electron chi connectivity index (χ2n) is 11.6. The van der Waals surface area contributed by atoms with Crippen LogP contribution in [0.1, 0.15) is 83.5 Å². The van der Waals surface area contributed by atoms with E-state index in [1.54, 1.807) is 12.1 Å². The highest BCUT2D eigenvalue weighted by Crippen LogP contribution is 2.15. The van der Waals surface area contributed by atoms with Gasteiger partial charge in [-0.3, -0.25) is 34.4 Å². The van der Waals surface area contributed by atoms with Gasteiger partial charge < -0.3 is 31.7 Å². The monoisotopic (exact) mass is 752 g/mol. The molecule has 5 amide bonds. The summed E-state index contributed by atoms with van der Waals surface area (Å²) in [5, 5.41) is 46.7. The van der Waals surface area contributed by atoms with Crippen molar-refractivity contribution in [2.24, 2.45) is 4.99 Å². The molecule has 0 heterocycles. The lowest BCUT2D eigenvalue weighted by molar-refractivity contribution is -0.166. The molecule has 0 aliphatic rings. The lowest BCUT2D eigenvalue weighted by atomic mass is 10.2. The van der Waals surface area contributed by atoms with Gasteiger partial charge in [0.05, 0.1) is 10.8 Å². The maximum absolute atomic E-state index is 12.2. The van der Waals surface area contributed by atoms with Crippen LogP contribution < -0.4 is 26.6 Å². The number of amides is 5. The average molecular weight is 753 g/mol. The van der Waals surface area contributed by atoms with E-state index in [2.05, 4.69) is 49.0 Å². The molecule has 0 spiro atoms. The van der Waals surface area contributed by atoms with Gasteiger partial charge in [0.15, 0.2) is 5.11 Å². The fourth-order valence-electron chi connectivity index (χ4n) is 4.47. The molecule has 18 heteroatoms. The first-order chi connectivity index (χ1) is 24.5. The van der Waals surface area contributed by atoms with Crippen LogP contribution in [0.15, 0.2) is 29.3 Å². The van der Waals surface area contributed by atoms with Crippen molar-refractivity contribution in [2.45, 2.75) is 83.5 Å². The van der Waals surface area contributed by atoms with E-state index in [0.29, 0.717) is 79.2 Å². The predicted octanol–water partition coefficient (Wildman–Crippen LogP) is 2.56. The number of nitrogens with zero attached hydrogens (tertiary/aromatic N) is 3. The second-order valence-corrected chi connectivity index (χ2v) is 12.1. The van der Waals surface area contributed by atoms with Gasteiger partial charge in [0.1, 0.15) is 6.61 Å². The van der Waals surface area contributed by atoms with Crippen molar-refractivity contribution in [1.82, 2.24) is 31.4 Å². The largest absolute Gasteiger partial charge is 0.387 e. The summed E-state index contributed by atoms with van der Waals surface area (Å²) in [5.41, 5.74) is 1.51. The number of thiocarbonyl (C=S) groups is 2. The van der Waals surface area contributed by atoms with Crippen LogP contribution in [-0.2, 0) is 24.0 Å². The van der Waals surface area contributed by atoms with Gasteiger partial charge in [0.2, 0.25) is 29.5 Å². The van der Waals surface area contributed by atoms with E-state index in [0.717, 1.165) is 31.4 Å². The summed E-state index contributed by atoms with van der Waals surface area (Å²) < 4.78 is 0. The van der Waals surface area contributed by atoms with Crippen molar-refractivity contribution in [3.8, 4) is 0 Å². The third-order valence-corrected chi connectivity index (χ3v) is 7.69. The van der Waals surface area contributed by atoms with Crippen LogP contribution in [0.2, 0.25) is 0 Å². The molecule has 1 aromatic rings. The number of hydrogen-bond donors (Lipinski definition) is 8. The molecular weight excluding hydrogens is 701 g/mol. The highest BCUT2D eigenvalue weighted by Gasteiger charge is 2.14. The van der Waals surface area contributed by atoms with E-state index in [1.165, 1.54) is 0 Å². The number of carbonyl (C=O) groups excluding carboxylic acids is 5. The molecule has 0 radical (unpaired) electrons. The molecule has 0 unspecified atom stereocenters. The fraction of sp³-hybridized carbons (Fsp3) is 0.606. The van der Waals surface area contributed by atoms with E-state index in [1.807, 2.05) is 12.1 Å². The predicted molar refractivity (Wildman–Crippen MR) is 198 cm³/mol. The van der Waals surface area contributed by atoms with Crippen LogP contribution >= 0.6 is 24.4 Å². The summed E-state index contributed by atoms with van der Waals surface area (Å²) in [7, 11) is 0. The van der Waals surface area contributed by atoms with E-state index >= 15 is 0 Å².